The second kappa shape index (κ2) is 4.72. The quantitative estimate of drug-likeness (QED) is 0.903. The van der Waals surface area contributed by atoms with Crippen molar-refractivity contribution in [1.82, 2.24) is 5.32 Å². The Balaban J connectivity index is 2.16. The number of nitrogens with one attached hydrogen (secondary N) is 1. The van der Waals surface area contributed by atoms with Gasteiger partial charge in [0, 0.05) is 0 Å². The van der Waals surface area contributed by atoms with Gasteiger partial charge in [-0.3, -0.25) is 0 Å². The molecular formula is C12H15BrFNO. The van der Waals surface area contributed by atoms with Crippen molar-refractivity contribution in [3.8, 4) is 5.75 Å². The number of hydrogen-bond donors (Lipinski definition) is 1. The fourth-order valence-corrected chi connectivity index (χ4v) is 2.23. The van der Waals surface area contributed by atoms with Crippen LogP contribution in [-0.4, -0.2) is 18.7 Å². The minimum Gasteiger partial charge on any atom is -0.484 e. The molecule has 16 heavy (non-hydrogen) atoms. The SMILES string of the molecule is CC1(Oc2cccc(Br)c2F)CCNCC1. The highest BCUT2D eigenvalue weighted by Gasteiger charge is 2.29. The van der Waals surface area contributed by atoms with Crippen LogP contribution >= 0.6 is 15.9 Å². The first-order chi connectivity index (χ1) is 7.61. The Bertz CT molecular complexity index is 377. The van der Waals surface area contributed by atoms with Crippen LogP contribution in [0.3, 0.4) is 0 Å². The molecule has 0 amide bonds. The molecule has 0 aliphatic carbocycles. The molecule has 0 bridgehead atoms. The van der Waals surface area contributed by atoms with E-state index in [0.717, 1.165) is 25.9 Å². The molecule has 1 aromatic carbocycles. The van der Waals surface area contributed by atoms with Crippen LogP contribution in [0.4, 0.5) is 4.39 Å². The third-order valence-corrected chi connectivity index (χ3v) is 3.55. The van der Waals surface area contributed by atoms with Gasteiger partial charge in [0.1, 0.15) is 5.60 Å². The summed E-state index contributed by atoms with van der Waals surface area (Å²) in [7, 11) is 0. The van der Waals surface area contributed by atoms with Crippen molar-refractivity contribution in [3.05, 3.63) is 28.5 Å². The lowest BCUT2D eigenvalue weighted by molar-refractivity contribution is 0.0513. The van der Waals surface area contributed by atoms with Gasteiger partial charge in [0.25, 0.3) is 0 Å². The van der Waals surface area contributed by atoms with Crippen molar-refractivity contribution >= 4 is 15.9 Å². The van der Waals surface area contributed by atoms with E-state index in [4.69, 9.17) is 4.74 Å². The van der Waals surface area contributed by atoms with E-state index < -0.39 is 0 Å². The van der Waals surface area contributed by atoms with E-state index in [-0.39, 0.29) is 11.4 Å². The van der Waals surface area contributed by atoms with Crippen molar-refractivity contribution in [2.75, 3.05) is 13.1 Å². The molecule has 2 nitrogen and oxygen atoms in total. The Kier molecular flexibility index (Phi) is 3.50. The molecule has 1 aliphatic heterocycles. The van der Waals surface area contributed by atoms with Gasteiger partial charge >= 0.3 is 0 Å². The summed E-state index contributed by atoms with van der Waals surface area (Å²) < 4.78 is 20.0. The van der Waals surface area contributed by atoms with Crippen molar-refractivity contribution in [1.29, 1.82) is 0 Å². The highest BCUT2D eigenvalue weighted by atomic mass is 79.9. The lowest BCUT2D eigenvalue weighted by Gasteiger charge is -2.34. The Morgan fingerprint density at radius 1 is 1.38 bits per heavy atom. The van der Waals surface area contributed by atoms with Gasteiger partial charge in [0.05, 0.1) is 4.47 Å². The van der Waals surface area contributed by atoms with Gasteiger partial charge in [-0.05, 0) is 60.9 Å². The number of ether oxygens (including phenoxy) is 1. The summed E-state index contributed by atoms with van der Waals surface area (Å²) in [5.74, 6) is 0.0148. The molecular weight excluding hydrogens is 273 g/mol. The van der Waals surface area contributed by atoms with Gasteiger partial charge in [-0.1, -0.05) is 6.07 Å². The third-order valence-electron chi connectivity index (χ3n) is 2.93. The number of benzene rings is 1. The molecule has 1 N–H and O–H groups in total. The number of piperidine rings is 1. The van der Waals surface area contributed by atoms with E-state index in [2.05, 4.69) is 21.2 Å². The van der Waals surface area contributed by atoms with Gasteiger partial charge in [0.15, 0.2) is 11.6 Å². The topological polar surface area (TPSA) is 21.3 Å². The van der Waals surface area contributed by atoms with E-state index in [0.29, 0.717) is 10.2 Å². The number of halogens is 2. The van der Waals surface area contributed by atoms with Gasteiger partial charge in [-0.15, -0.1) is 0 Å². The first-order valence-corrected chi connectivity index (χ1v) is 6.24. The van der Waals surface area contributed by atoms with Crippen molar-refractivity contribution in [3.63, 3.8) is 0 Å². The summed E-state index contributed by atoms with van der Waals surface area (Å²) in [5.41, 5.74) is -0.257. The smallest absolute Gasteiger partial charge is 0.179 e. The lowest BCUT2D eigenvalue weighted by Crippen LogP contribution is -2.44. The molecule has 1 saturated heterocycles. The largest absolute Gasteiger partial charge is 0.484 e. The number of rotatable bonds is 2. The van der Waals surface area contributed by atoms with Crippen molar-refractivity contribution in [2.45, 2.75) is 25.4 Å². The molecule has 0 saturated carbocycles. The highest BCUT2D eigenvalue weighted by molar-refractivity contribution is 9.10. The third kappa shape index (κ3) is 2.55. The summed E-state index contributed by atoms with van der Waals surface area (Å²) >= 11 is 3.16. The Morgan fingerprint density at radius 2 is 2.06 bits per heavy atom. The monoisotopic (exact) mass is 287 g/mol. The maximum absolute atomic E-state index is 13.7. The molecule has 0 atom stereocenters. The van der Waals surface area contributed by atoms with E-state index in [9.17, 15) is 4.39 Å². The molecule has 1 heterocycles. The molecule has 4 heteroatoms. The molecule has 0 spiro atoms. The van der Waals surface area contributed by atoms with Crippen LogP contribution in [0.1, 0.15) is 19.8 Å². The second-order valence-corrected chi connectivity index (χ2v) is 5.21. The van der Waals surface area contributed by atoms with Crippen LogP contribution in [0.2, 0.25) is 0 Å². The van der Waals surface area contributed by atoms with E-state index in [1.807, 2.05) is 6.92 Å². The van der Waals surface area contributed by atoms with E-state index in [1.54, 1.807) is 18.2 Å². The molecule has 88 valence electrons. The fourth-order valence-electron chi connectivity index (χ4n) is 1.89. The predicted octanol–water partition coefficient (Wildman–Crippen LogP) is 3.11. The fraction of sp³-hybridized carbons (Fsp3) is 0.500. The van der Waals surface area contributed by atoms with E-state index in [1.165, 1.54) is 0 Å². The summed E-state index contributed by atoms with van der Waals surface area (Å²) in [6, 6.07) is 5.13. The zero-order chi connectivity index (χ0) is 11.6. The van der Waals surface area contributed by atoms with Crippen LogP contribution in [0.5, 0.6) is 5.75 Å². The number of hydrogen-bond acceptors (Lipinski definition) is 2. The van der Waals surface area contributed by atoms with Crippen LogP contribution in [-0.2, 0) is 0 Å². The van der Waals surface area contributed by atoms with Gasteiger partial charge in [-0.25, -0.2) is 4.39 Å². The van der Waals surface area contributed by atoms with Crippen molar-refractivity contribution < 1.29 is 9.13 Å². The Morgan fingerprint density at radius 3 is 2.75 bits per heavy atom. The second-order valence-electron chi connectivity index (χ2n) is 4.35. The summed E-state index contributed by atoms with van der Waals surface area (Å²) in [4.78, 5) is 0. The zero-order valence-electron chi connectivity index (χ0n) is 9.22. The molecule has 2 rings (SSSR count). The zero-order valence-corrected chi connectivity index (χ0v) is 10.8. The Labute approximate surface area is 103 Å². The normalized spacial score (nSPS) is 19.4. The minimum atomic E-state index is -0.317. The molecule has 0 aromatic heterocycles. The van der Waals surface area contributed by atoms with Gasteiger partial charge in [0.2, 0.25) is 0 Å². The average Bonchev–Trinajstić information content (AvgIpc) is 2.26. The standard InChI is InChI=1S/C12H15BrFNO/c1-12(5-7-15-8-6-12)16-10-4-2-3-9(13)11(10)14/h2-4,15H,5-8H2,1H3. The van der Waals surface area contributed by atoms with Gasteiger partial charge < -0.3 is 10.1 Å². The van der Waals surface area contributed by atoms with Crippen LogP contribution < -0.4 is 10.1 Å². The maximum atomic E-state index is 13.7. The first-order valence-electron chi connectivity index (χ1n) is 5.44. The van der Waals surface area contributed by atoms with Crippen LogP contribution in [0.25, 0.3) is 0 Å². The van der Waals surface area contributed by atoms with Crippen LogP contribution in [0, 0.1) is 5.82 Å². The molecule has 1 fully saturated rings. The van der Waals surface area contributed by atoms with Crippen molar-refractivity contribution in [2.24, 2.45) is 0 Å². The molecule has 0 unspecified atom stereocenters. The summed E-state index contributed by atoms with van der Waals surface area (Å²) in [6.07, 6.45) is 1.80. The van der Waals surface area contributed by atoms with Crippen LogP contribution in [0.15, 0.2) is 22.7 Å². The lowest BCUT2D eigenvalue weighted by atomic mass is 9.94. The highest BCUT2D eigenvalue weighted by Crippen LogP contribution is 2.30. The Hall–Kier alpha value is -0.610. The first kappa shape index (κ1) is 11.9. The summed E-state index contributed by atoms with van der Waals surface area (Å²) in [6.45, 7) is 3.88. The maximum Gasteiger partial charge on any atom is 0.179 e. The van der Waals surface area contributed by atoms with Gasteiger partial charge in [-0.2, -0.15) is 0 Å². The average molecular weight is 288 g/mol. The predicted molar refractivity (Wildman–Crippen MR) is 65.2 cm³/mol. The molecule has 1 aliphatic rings. The summed E-state index contributed by atoms with van der Waals surface area (Å²) in [5, 5.41) is 3.27. The van der Waals surface area contributed by atoms with E-state index >= 15 is 0 Å². The minimum absolute atomic E-state index is 0.257. The molecule has 0 radical (unpaired) electrons. The molecule has 1 aromatic rings.